The lowest BCUT2D eigenvalue weighted by atomic mass is 10.0. The predicted molar refractivity (Wildman–Crippen MR) is 77.9 cm³/mol. The van der Waals surface area contributed by atoms with E-state index in [1.807, 2.05) is 0 Å². The maximum absolute atomic E-state index is 12.0. The standard InChI is InChI=1S/C13H22ClN3O2/c1-5-9(2)10(3)16-11-8-15-17(6-7-19-4)13(18)12(11)14/h8-10,16H,5-7H2,1-4H3. The highest BCUT2D eigenvalue weighted by Crippen LogP contribution is 2.19. The van der Waals surface area contributed by atoms with Crippen molar-refractivity contribution in [1.29, 1.82) is 0 Å². The first-order chi connectivity index (χ1) is 9.01. The highest BCUT2D eigenvalue weighted by molar-refractivity contribution is 6.32. The first-order valence-electron chi connectivity index (χ1n) is 6.52. The zero-order chi connectivity index (χ0) is 14.4. The van der Waals surface area contributed by atoms with Crippen molar-refractivity contribution in [2.45, 2.75) is 39.8 Å². The number of rotatable bonds is 7. The van der Waals surface area contributed by atoms with Crippen LogP contribution in [0.15, 0.2) is 11.0 Å². The molecule has 0 amide bonds. The van der Waals surface area contributed by atoms with Crippen LogP contribution in [-0.4, -0.2) is 29.5 Å². The molecule has 1 N–H and O–H groups in total. The predicted octanol–water partition coefficient (Wildman–Crippen LogP) is 2.39. The molecular formula is C13H22ClN3O2. The van der Waals surface area contributed by atoms with Gasteiger partial charge < -0.3 is 10.1 Å². The summed E-state index contributed by atoms with van der Waals surface area (Å²) in [5.74, 6) is 0.493. The molecule has 5 nitrogen and oxygen atoms in total. The number of nitrogens with zero attached hydrogens (tertiary/aromatic N) is 2. The molecule has 1 heterocycles. The van der Waals surface area contributed by atoms with Gasteiger partial charge >= 0.3 is 0 Å². The van der Waals surface area contributed by atoms with Gasteiger partial charge in [0, 0.05) is 13.2 Å². The Bertz CT molecular complexity index is 462. The Morgan fingerprint density at radius 2 is 2.21 bits per heavy atom. The van der Waals surface area contributed by atoms with Crippen LogP contribution in [-0.2, 0) is 11.3 Å². The molecule has 2 atom stereocenters. The minimum absolute atomic E-state index is 0.182. The molecule has 1 aromatic heterocycles. The maximum Gasteiger partial charge on any atom is 0.287 e. The van der Waals surface area contributed by atoms with Gasteiger partial charge in [0.1, 0.15) is 5.02 Å². The van der Waals surface area contributed by atoms with Crippen LogP contribution in [0.25, 0.3) is 0 Å². The molecule has 1 aromatic rings. The maximum atomic E-state index is 12.0. The van der Waals surface area contributed by atoms with Crippen LogP contribution < -0.4 is 10.9 Å². The van der Waals surface area contributed by atoms with Crippen molar-refractivity contribution in [2.24, 2.45) is 5.92 Å². The molecule has 0 aliphatic heterocycles. The van der Waals surface area contributed by atoms with Crippen LogP contribution in [0.3, 0.4) is 0 Å². The fraction of sp³-hybridized carbons (Fsp3) is 0.692. The summed E-state index contributed by atoms with van der Waals surface area (Å²) < 4.78 is 6.23. The van der Waals surface area contributed by atoms with Gasteiger partial charge in [-0.05, 0) is 12.8 Å². The zero-order valence-corrected chi connectivity index (χ0v) is 12.7. The second kappa shape index (κ2) is 7.50. The van der Waals surface area contributed by atoms with E-state index < -0.39 is 0 Å². The van der Waals surface area contributed by atoms with E-state index in [0.29, 0.717) is 24.8 Å². The van der Waals surface area contributed by atoms with Gasteiger partial charge in [-0.15, -0.1) is 0 Å². The Morgan fingerprint density at radius 1 is 1.53 bits per heavy atom. The van der Waals surface area contributed by atoms with Crippen LogP contribution in [0.1, 0.15) is 27.2 Å². The average molecular weight is 288 g/mol. The van der Waals surface area contributed by atoms with Crippen molar-refractivity contribution in [3.8, 4) is 0 Å². The van der Waals surface area contributed by atoms with Crippen molar-refractivity contribution < 1.29 is 4.74 Å². The molecule has 0 saturated carbocycles. The first kappa shape index (κ1) is 16.0. The van der Waals surface area contributed by atoms with E-state index in [-0.39, 0.29) is 16.6 Å². The summed E-state index contributed by atoms with van der Waals surface area (Å²) in [6, 6.07) is 0.235. The molecular weight excluding hydrogens is 266 g/mol. The van der Waals surface area contributed by atoms with Gasteiger partial charge in [0.25, 0.3) is 5.56 Å². The summed E-state index contributed by atoms with van der Waals surface area (Å²) in [6.45, 7) is 7.18. The fourth-order valence-electron chi connectivity index (χ4n) is 1.64. The molecule has 0 bridgehead atoms. The molecule has 0 fully saturated rings. The van der Waals surface area contributed by atoms with E-state index in [0.717, 1.165) is 6.42 Å². The average Bonchev–Trinajstić information content (AvgIpc) is 2.42. The third-order valence-electron chi connectivity index (χ3n) is 3.37. The Balaban J connectivity index is 2.87. The molecule has 2 unspecified atom stereocenters. The summed E-state index contributed by atoms with van der Waals surface area (Å²) in [5, 5.41) is 7.52. The molecule has 0 aliphatic rings. The number of anilines is 1. The molecule has 108 valence electrons. The van der Waals surface area contributed by atoms with Crippen molar-refractivity contribution in [2.75, 3.05) is 19.0 Å². The Labute approximate surface area is 118 Å². The van der Waals surface area contributed by atoms with E-state index in [4.69, 9.17) is 16.3 Å². The topological polar surface area (TPSA) is 56.1 Å². The molecule has 0 spiro atoms. The summed E-state index contributed by atoms with van der Waals surface area (Å²) in [5.41, 5.74) is 0.299. The van der Waals surface area contributed by atoms with Gasteiger partial charge in [0.2, 0.25) is 0 Å². The van der Waals surface area contributed by atoms with E-state index >= 15 is 0 Å². The van der Waals surface area contributed by atoms with E-state index in [1.54, 1.807) is 13.3 Å². The number of hydrogen-bond acceptors (Lipinski definition) is 4. The molecule has 0 aliphatic carbocycles. The Kier molecular flexibility index (Phi) is 6.31. The lowest BCUT2D eigenvalue weighted by Gasteiger charge is -2.21. The number of ether oxygens (including phenoxy) is 1. The van der Waals surface area contributed by atoms with Crippen LogP contribution in [0, 0.1) is 5.92 Å². The van der Waals surface area contributed by atoms with E-state index in [2.05, 4.69) is 31.2 Å². The number of nitrogens with one attached hydrogen (secondary N) is 1. The largest absolute Gasteiger partial charge is 0.383 e. The third-order valence-corrected chi connectivity index (χ3v) is 3.74. The van der Waals surface area contributed by atoms with Gasteiger partial charge in [0.05, 0.1) is 25.0 Å². The quantitative estimate of drug-likeness (QED) is 0.837. The number of halogens is 1. The fourth-order valence-corrected chi connectivity index (χ4v) is 1.84. The van der Waals surface area contributed by atoms with E-state index in [9.17, 15) is 4.79 Å². The monoisotopic (exact) mass is 287 g/mol. The molecule has 0 saturated heterocycles. The smallest absolute Gasteiger partial charge is 0.287 e. The van der Waals surface area contributed by atoms with Crippen LogP contribution in [0.2, 0.25) is 5.02 Å². The van der Waals surface area contributed by atoms with Crippen LogP contribution in [0.4, 0.5) is 5.69 Å². The van der Waals surface area contributed by atoms with Gasteiger partial charge in [-0.1, -0.05) is 31.9 Å². The number of aromatic nitrogens is 2. The molecule has 6 heteroatoms. The molecule has 19 heavy (non-hydrogen) atoms. The normalized spacial score (nSPS) is 14.2. The summed E-state index contributed by atoms with van der Waals surface area (Å²) in [6.07, 6.45) is 2.66. The van der Waals surface area contributed by atoms with E-state index in [1.165, 1.54) is 4.68 Å². The number of hydrogen-bond donors (Lipinski definition) is 1. The van der Waals surface area contributed by atoms with Crippen molar-refractivity contribution in [1.82, 2.24) is 9.78 Å². The third kappa shape index (κ3) is 4.21. The minimum atomic E-state index is -0.292. The first-order valence-corrected chi connectivity index (χ1v) is 6.90. The SMILES string of the molecule is CCC(C)C(C)Nc1cnn(CCOC)c(=O)c1Cl. The Morgan fingerprint density at radius 3 is 2.79 bits per heavy atom. The van der Waals surface area contributed by atoms with Gasteiger partial charge in [-0.2, -0.15) is 5.10 Å². The lowest BCUT2D eigenvalue weighted by molar-refractivity contribution is 0.182. The molecule has 1 rings (SSSR count). The highest BCUT2D eigenvalue weighted by Gasteiger charge is 2.14. The van der Waals surface area contributed by atoms with Crippen molar-refractivity contribution in [3.63, 3.8) is 0 Å². The second-order valence-corrected chi connectivity index (χ2v) is 5.09. The molecule has 0 aromatic carbocycles. The van der Waals surface area contributed by atoms with Crippen molar-refractivity contribution in [3.05, 3.63) is 21.6 Å². The number of methoxy groups -OCH3 is 1. The van der Waals surface area contributed by atoms with Crippen LogP contribution in [0.5, 0.6) is 0 Å². The lowest BCUT2D eigenvalue weighted by Crippen LogP contribution is -2.29. The summed E-state index contributed by atoms with van der Waals surface area (Å²) in [4.78, 5) is 12.0. The Hall–Kier alpha value is -1.07. The zero-order valence-electron chi connectivity index (χ0n) is 11.9. The molecule has 0 radical (unpaired) electrons. The summed E-state index contributed by atoms with van der Waals surface area (Å²) >= 11 is 6.09. The highest BCUT2D eigenvalue weighted by atomic mass is 35.5. The van der Waals surface area contributed by atoms with Crippen molar-refractivity contribution >= 4 is 17.3 Å². The second-order valence-electron chi connectivity index (χ2n) is 4.71. The van der Waals surface area contributed by atoms with Crippen LogP contribution >= 0.6 is 11.6 Å². The summed E-state index contributed by atoms with van der Waals surface area (Å²) in [7, 11) is 1.58. The van der Waals surface area contributed by atoms with Gasteiger partial charge in [0.15, 0.2) is 0 Å². The minimum Gasteiger partial charge on any atom is -0.383 e. The van der Waals surface area contributed by atoms with Gasteiger partial charge in [-0.3, -0.25) is 4.79 Å². The van der Waals surface area contributed by atoms with Gasteiger partial charge in [-0.25, -0.2) is 4.68 Å².